The molecule has 0 atom stereocenters. The Morgan fingerprint density at radius 3 is 2.67 bits per heavy atom. The monoisotopic (exact) mass is 410 g/mol. The highest BCUT2D eigenvalue weighted by atomic mass is 35.5. The molecule has 0 spiro atoms. The molecule has 0 aromatic heterocycles. The van der Waals surface area contributed by atoms with Gasteiger partial charge in [0.25, 0.3) is 11.1 Å². The van der Waals surface area contributed by atoms with Gasteiger partial charge in [-0.3, -0.25) is 19.3 Å². The lowest BCUT2D eigenvalue weighted by molar-refractivity contribution is -0.136. The maximum atomic E-state index is 12.6. The Morgan fingerprint density at radius 2 is 2.00 bits per heavy atom. The summed E-state index contributed by atoms with van der Waals surface area (Å²) in [5.41, 5.74) is 0.502. The fraction of sp³-hybridized carbons (Fsp3) is 0.389. The van der Waals surface area contributed by atoms with Crippen molar-refractivity contribution in [1.29, 1.82) is 0 Å². The van der Waals surface area contributed by atoms with Crippen molar-refractivity contribution >= 4 is 46.5 Å². The average Bonchev–Trinajstić information content (AvgIpc) is 2.92. The van der Waals surface area contributed by atoms with Gasteiger partial charge in [-0.25, -0.2) is 0 Å². The second kappa shape index (κ2) is 8.22. The number of carbonyl (C=O) groups excluding carboxylic acids is 3. The Balaban J connectivity index is 1.76. The van der Waals surface area contributed by atoms with E-state index in [1.807, 2.05) is 0 Å². The highest BCUT2D eigenvalue weighted by Gasteiger charge is 2.37. The standard InChI is InChI=1S/C18H19ClN2O5S/c1-26-13-8-11(7-12(19)16(13)23)9-14-17(24)21(18(25)27-14)10-15(22)20-5-3-2-4-6-20/h7-9,23H,2-6,10H2,1H3/b14-9-. The van der Waals surface area contributed by atoms with Crippen molar-refractivity contribution in [3.05, 3.63) is 27.6 Å². The molecular formula is C18H19ClN2O5S. The first-order valence-electron chi connectivity index (χ1n) is 8.50. The van der Waals surface area contributed by atoms with E-state index in [1.54, 1.807) is 4.90 Å². The van der Waals surface area contributed by atoms with E-state index in [9.17, 15) is 19.5 Å². The number of benzene rings is 1. The van der Waals surface area contributed by atoms with Gasteiger partial charge in [0.1, 0.15) is 6.54 Å². The summed E-state index contributed by atoms with van der Waals surface area (Å²) in [5.74, 6) is -0.768. The largest absolute Gasteiger partial charge is 0.503 e. The van der Waals surface area contributed by atoms with Gasteiger partial charge >= 0.3 is 0 Å². The van der Waals surface area contributed by atoms with Crippen molar-refractivity contribution in [3.63, 3.8) is 0 Å². The zero-order valence-corrected chi connectivity index (χ0v) is 16.3. The number of phenolic OH excluding ortho intramolecular Hbond substituents is 1. The quantitative estimate of drug-likeness (QED) is 0.767. The molecule has 2 heterocycles. The Labute approximate surface area is 165 Å². The number of amides is 3. The van der Waals surface area contributed by atoms with E-state index in [-0.39, 0.29) is 33.9 Å². The zero-order valence-electron chi connectivity index (χ0n) is 14.7. The number of thioether (sulfide) groups is 1. The Morgan fingerprint density at radius 1 is 1.30 bits per heavy atom. The zero-order chi connectivity index (χ0) is 19.6. The Hall–Kier alpha value is -2.19. The third-order valence-electron chi connectivity index (χ3n) is 4.44. The Bertz CT molecular complexity index is 820. The maximum Gasteiger partial charge on any atom is 0.294 e. The molecule has 0 aliphatic carbocycles. The van der Waals surface area contributed by atoms with Crippen LogP contribution in [-0.2, 0) is 9.59 Å². The molecule has 3 rings (SSSR count). The van der Waals surface area contributed by atoms with Crippen LogP contribution in [0.25, 0.3) is 6.08 Å². The van der Waals surface area contributed by atoms with Crippen LogP contribution in [0, 0.1) is 0 Å². The number of rotatable bonds is 4. The molecule has 2 fully saturated rings. The fourth-order valence-electron chi connectivity index (χ4n) is 3.00. The highest BCUT2D eigenvalue weighted by molar-refractivity contribution is 8.18. The molecule has 2 aliphatic rings. The van der Waals surface area contributed by atoms with Gasteiger partial charge in [0.2, 0.25) is 5.91 Å². The van der Waals surface area contributed by atoms with Gasteiger partial charge in [0.05, 0.1) is 17.0 Å². The first-order chi connectivity index (χ1) is 12.9. The molecule has 0 radical (unpaired) electrons. The van der Waals surface area contributed by atoms with E-state index in [4.69, 9.17) is 16.3 Å². The molecule has 27 heavy (non-hydrogen) atoms. The number of likely N-dealkylation sites (tertiary alicyclic amines) is 1. The van der Waals surface area contributed by atoms with Crippen molar-refractivity contribution in [1.82, 2.24) is 9.80 Å². The number of halogens is 1. The molecule has 9 heteroatoms. The number of imide groups is 1. The van der Waals surface area contributed by atoms with Crippen LogP contribution in [0.5, 0.6) is 11.5 Å². The third kappa shape index (κ3) is 4.22. The fourth-order valence-corrected chi connectivity index (χ4v) is 4.06. The molecule has 0 unspecified atom stereocenters. The minimum absolute atomic E-state index is 0.0695. The summed E-state index contributed by atoms with van der Waals surface area (Å²) < 4.78 is 5.04. The first-order valence-corrected chi connectivity index (χ1v) is 9.70. The van der Waals surface area contributed by atoms with Gasteiger partial charge in [0, 0.05) is 13.1 Å². The predicted molar refractivity (Wildman–Crippen MR) is 103 cm³/mol. The van der Waals surface area contributed by atoms with Gasteiger partial charge in [0.15, 0.2) is 11.5 Å². The van der Waals surface area contributed by atoms with E-state index < -0.39 is 11.1 Å². The van der Waals surface area contributed by atoms with Crippen LogP contribution in [0.3, 0.4) is 0 Å². The van der Waals surface area contributed by atoms with Gasteiger partial charge < -0.3 is 14.7 Å². The summed E-state index contributed by atoms with van der Waals surface area (Å²) in [6.07, 6.45) is 4.46. The van der Waals surface area contributed by atoms with Gasteiger partial charge in [-0.2, -0.15) is 0 Å². The molecule has 0 bridgehead atoms. The van der Waals surface area contributed by atoms with E-state index in [2.05, 4.69) is 0 Å². The number of methoxy groups -OCH3 is 1. The average molecular weight is 411 g/mol. The second-order valence-corrected chi connectivity index (χ2v) is 7.66. The van der Waals surface area contributed by atoms with Crippen LogP contribution in [0.4, 0.5) is 4.79 Å². The third-order valence-corrected chi connectivity index (χ3v) is 5.64. The molecule has 0 saturated carbocycles. The summed E-state index contributed by atoms with van der Waals surface area (Å²) in [7, 11) is 1.38. The van der Waals surface area contributed by atoms with E-state index in [1.165, 1.54) is 25.3 Å². The van der Waals surface area contributed by atoms with Crippen molar-refractivity contribution in [2.45, 2.75) is 19.3 Å². The molecule has 3 amide bonds. The number of hydrogen-bond donors (Lipinski definition) is 1. The number of nitrogens with zero attached hydrogens (tertiary/aromatic N) is 2. The molecule has 2 aliphatic heterocycles. The minimum Gasteiger partial charge on any atom is -0.503 e. The van der Waals surface area contributed by atoms with Crippen molar-refractivity contribution < 1.29 is 24.2 Å². The van der Waals surface area contributed by atoms with E-state index in [0.29, 0.717) is 18.7 Å². The van der Waals surface area contributed by atoms with E-state index in [0.717, 1.165) is 35.9 Å². The summed E-state index contributed by atoms with van der Waals surface area (Å²) in [6, 6.07) is 2.97. The van der Waals surface area contributed by atoms with Crippen LogP contribution in [0.2, 0.25) is 5.02 Å². The smallest absolute Gasteiger partial charge is 0.294 e. The lowest BCUT2D eigenvalue weighted by atomic mass is 10.1. The minimum atomic E-state index is -0.515. The number of piperidine rings is 1. The summed E-state index contributed by atoms with van der Waals surface area (Å²) in [4.78, 5) is 40.0. The van der Waals surface area contributed by atoms with Crippen molar-refractivity contribution in [2.24, 2.45) is 0 Å². The Kier molecular flexibility index (Phi) is 5.96. The molecule has 7 nitrogen and oxygen atoms in total. The maximum absolute atomic E-state index is 12.6. The topological polar surface area (TPSA) is 87.2 Å². The van der Waals surface area contributed by atoms with Gasteiger partial charge in [-0.05, 0) is 54.8 Å². The number of aromatic hydroxyl groups is 1. The molecule has 1 N–H and O–H groups in total. The predicted octanol–water partition coefficient (Wildman–Crippen LogP) is 3.10. The first kappa shape index (κ1) is 19.6. The van der Waals surface area contributed by atoms with Gasteiger partial charge in [-0.15, -0.1) is 0 Å². The molecule has 144 valence electrons. The lowest BCUT2D eigenvalue weighted by Crippen LogP contribution is -2.44. The van der Waals surface area contributed by atoms with Crippen LogP contribution in [-0.4, -0.2) is 58.7 Å². The number of phenols is 1. The highest BCUT2D eigenvalue weighted by Crippen LogP contribution is 2.37. The lowest BCUT2D eigenvalue weighted by Gasteiger charge is -2.27. The molecule has 2 saturated heterocycles. The number of hydrogen-bond acceptors (Lipinski definition) is 6. The number of carbonyl (C=O) groups is 3. The molecule has 1 aromatic carbocycles. The van der Waals surface area contributed by atoms with E-state index >= 15 is 0 Å². The van der Waals surface area contributed by atoms with Crippen LogP contribution in [0.15, 0.2) is 17.0 Å². The molecule has 1 aromatic rings. The SMILES string of the molecule is COc1cc(/C=C2\SC(=O)N(CC(=O)N3CCCCC3)C2=O)cc(Cl)c1O. The molecular weight excluding hydrogens is 392 g/mol. The van der Waals surface area contributed by atoms with Crippen LogP contribution >= 0.6 is 23.4 Å². The van der Waals surface area contributed by atoms with Crippen molar-refractivity contribution in [2.75, 3.05) is 26.7 Å². The number of ether oxygens (including phenoxy) is 1. The van der Waals surface area contributed by atoms with Crippen molar-refractivity contribution in [3.8, 4) is 11.5 Å². The second-order valence-electron chi connectivity index (χ2n) is 6.26. The summed E-state index contributed by atoms with van der Waals surface area (Å²) in [6.45, 7) is 1.08. The summed E-state index contributed by atoms with van der Waals surface area (Å²) >= 11 is 6.72. The van der Waals surface area contributed by atoms with Crippen LogP contribution in [0.1, 0.15) is 24.8 Å². The van der Waals surface area contributed by atoms with Crippen LogP contribution < -0.4 is 4.74 Å². The normalized spacial score (nSPS) is 19.1. The summed E-state index contributed by atoms with van der Waals surface area (Å²) in [5, 5.41) is 9.38. The van der Waals surface area contributed by atoms with Gasteiger partial charge in [-0.1, -0.05) is 11.6 Å².